The Hall–Kier alpha value is -0.200. The topological polar surface area (TPSA) is 68.0 Å². The van der Waals surface area contributed by atoms with Crippen molar-refractivity contribution in [1.29, 1.82) is 0 Å². The van der Waals surface area contributed by atoms with Crippen molar-refractivity contribution in [3.05, 3.63) is 0 Å². The van der Waals surface area contributed by atoms with Crippen LogP contribution < -0.4 is 5.73 Å². The molecule has 5 heteroatoms. The van der Waals surface area contributed by atoms with Crippen molar-refractivity contribution in [2.24, 2.45) is 17.6 Å². The second kappa shape index (κ2) is 5.66. The molecule has 0 aromatic rings. The zero-order valence-electron chi connectivity index (χ0n) is 13.3. The van der Waals surface area contributed by atoms with Crippen molar-refractivity contribution in [2.45, 2.75) is 65.0 Å². The molecule has 1 heterocycles. The maximum absolute atomic E-state index is 9.72. The summed E-state index contributed by atoms with van der Waals surface area (Å²) in [5.74, 6) is 0.411. The van der Waals surface area contributed by atoms with Crippen molar-refractivity contribution < 1.29 is 14.7 Å². The second-order valence-electron chi connectivity index (χ2n) is 6.65. The first-order chi connectivity index (χ1) is 8.60. The molecule has 0 aromatic heterocycles. The molecule has 0 bridgehead atoms. The Labute approximate surface area is 117 Å². The van der Waals surface area contributed by atoms with Gasteiger partial charge < -0.3 is 20.4 Å². The summed E-state index contributed by atoms with van der Waals surface area (Å²) in [6.07, 6.45) is -0.967. The first kappa shape index (κ1) is 16.9. The van der Waals surface area contributed by atoms with Crippen LogP contribution in [0, 0.1) is 11.8 Å². The summed E-state index contributed by atoms with van der Waals surface area (Å²) in [7, 11) is 1.71. The summed E-state index contributed by atoms with van der Waals surface area (Å²) in [5.41, 5.74) is 5.08. The minimum Gasteiger partial charge on any atom is -0.367 e. The zero-order chi connectivity index (χ0) is 15.0. The third kappa shape index (κ3) is 2.81. The van der Waals surface area contributed by atoms with E-state index in [4.69, 9.17) is 15.3 Å². The monoisotopic (exact) mass is 274 g/mol. The molecule has 3 N–H and O–H groups in total. The maximum atomic E-state index is 9.72. The first-order valence-electron chi connectivity index (χ1n) is 6.98. The Morgan fingerprint density at radius 3 is 1.89 bits per heavy atom. The minimum atomic E-state index is -0.907. The Balaban J connectivity index is 3.08. The van der Waals surface area contributed by atoms with E-state index < -0.39 is 6.29 Å². The number of ether oxygens (including phenoxy) is 1. The normalized spacial score (nSPS) is 36.2. The van der Waals surface area contributed by atoms with E-state index in [1.165, 1.54) is 0 Å². The van der Waals surface area contributed by atoms with Gasteiger partial charge in [0.15, 0.2) is 6.29 Å². The van der Waals surface area contributed by atoms with Crippen LogP contribution in [0.3, 0.4) is 0 Å². The number of aliphatic hydroxyl groups is 1. The molecule has 1 rings (SSSR count). The van der Waals surface area contributed by atoms with E-state index >= 15 is 0 Å². The van der Waals surface area contributed by atoms with Gasteiger partial charge in [-0.1, -0.05) is 13.8 Å². The predicted molar refractivity (Wildman–Crippen MR) is 75.3 cm³/mol. The lowest BCUT2D eigenvalue weighted by Gasteiger charge is -2.59. The number of rotatable bonds is 4. The maximum Gasteiger partial charge on any atom is 0.167 e. The Morgan fingerprint density at radius 1 is 1.16 bits per heavy atom. The van der Waals surface area contributed by atoms with E-state index in [0.717, 1.165) is 0 Å². The third-order valence-corrected chi connectivity index (χ3v) is 4.96. The van der Waals surface area contributed by atoms with Crippen LogP contribution in [0.15, 0.2) is 0 Å². The van der Waals surface area contributed by atoms with Crippen LogP contribution in [-0.4, -0.2) is 47.3 Å². The third-order valence-electron chi connectivity index (χ3n) is 4.96. The molecular formula is C14H30N2O3. The summed E-state index contributed by atoms with van der Waals surface area (Å²) >= 11 is 0. The number of hydroxylamine groups is 2. The van der Waals surface area contributed by atoms with Crippen LogP contribution in [0.5, 0.6) is 0 Å². The van der Waals surface area contributed by atoms with Gasteiger partial charge in [-0.3, -0.25) is 0 Å². The molecule has 19 heavy (non-hydrogen) atoms. The average Bonchev–Trinajstić information content (AvgIpc) is 2.32. The van der Waals surface area contributed by atoms with Crippen molar-refractivity contribution in [3.8, 4) is 0 Å². The molecule has 0 aliphatic carbocycles. The number of aliphatic hydroxyl groups excluding tert-OH is 1. The SMILES string of the molecule is CON1C(C)(C)C(C)C(OC(O)CN)C(C)C1(C)C. The highest BCUT2D eigenvalue weighted by Crippen LogP contribution is 2.46. The van der Waals surface area contributed by atoms with Crippen LogP contribution in [0.25, 0.3) is 0 Å². The van der Waals surface area contributed by atoms with Crippen molar-refractivity contribution in [3.63, 3.8) is 0 Å². The molecule has 1 aliphatic heterocycles. The van der Waals surface area contributed by atoms with E-state index in [2.05, 4.69) is 41.5 Å². The zero-order valence-corrected chi connectivity index (χ0v) is 13.3. The van der Waals surface area contributed by atoms with Crippen LogP contribution >= 0.6 is 0 Å². The summed E-state index contributed by atoms with van der Waals surface area (Å²) in [6.45, 7) is 12.9. The van der Waals surface area contributed by atoms with E-state index in [1.54, 1.807) is 7.11 Å². The molecule has 1 fully saturated rings. The van der Waals surface area contributed by atoms with Gasteiger partial charge >= 0.3 is 0 Å². The van der Waals surface area contributed by atoms with Crippen LogP contribution in [0.1, 0.15) is 41.5 Å². The summed E-state index contributed by atoms with van der Waals surface area (Å²) in [6, 6.07) is 0. The van der Waals surface area contributed by atoms with Crippen molar-refractivity contribution >= 4 is 0 Å². The van der Waals surface area contributed by atoms with Gasteiger partial charge in [0.05, 0.1) is 13.2 Å². The van der Waals surface area contributed by atoms with Gasteiger partial charge in [-0.25, -0.2) is 0 Å². The van der Waals surface area contributed by atoms with Crippen molar-refractivity contribution in [1.82, 2.24) is 5.06 Å². The van der Waals surface area contributed by atoms with Gasteiger partial charge in [-0.05, 0) is 27.7 Å². The van der Waals surface area contributed by atoms with Crippen LogP contribution in [0.4, 0.5) is 0 Å². The Morgan fingerprint density at radius 2 is 1.58 bits per heavy atom. The fourth-order valence-corrected chi connectivity index (χ4v) is 3.29. The quantitative estimate of drug-likeness (QED) is 0.758. The molecule has 3 unspecified atom stereocenters. The number of nitrogens with two attached hydrogens (primary N) is 1. The molecule has 5 nitrogen and oxygen atoms in total. The lowest BCUT2D eigenvalue weighted by atomic mass is 9.67. The van der Waals surface area contributed by atoms with E-state index in [1.807, 2.05) is 5.06 Å². The smallest absolute Gasteiger partial charge is 0.167 e. The standard InChI is InChI=1S/C14H30N2O3/c1-9-12(19-11(17)8-15)10(2)14(5,6)16(18-7)13(9,3)4/h9-12,17H,8,15H2,1-7H3. The number of hydrogen-bond acceptors (Lipinski definition) is 5. The lowest BCUT2D eigenvalue weighted by molar-refractivity contribution is -0.324. The fraction of sp³-hybridized carbons (Fsp3) is 1.00. The fourth-order valence-electron chi connectivity index (χ4n) is 3.29. The van der Waals surface area contributed by atoms with Gasteiger partial charge in [0.1, 0.15) is 0 Å². The highest BCUT2D eigenvalue weighted by Gasteiger charge is 2.55. The molecule has 0 aromatic carbocycles. The molecule has 1 aliphatic rings. The largest absolute Gasteiger partial charge is 0.367 e. The van der Waals surface area contributed by atoms with Gasteiger partial charge in [-0.15, -0.1) is 0 Å². The predicted octanol–water partition coefficient (Wildman–Crippen LogP) is 1.36. The van der Waals surface area contributed by atoms with Crippen LogP contribution in [-0.2, 0) is 9.57 Å². The number of piperidine rings is 1. The molecule has 1 saturated heterocycles. The van der Waals surface area contributed by atoms with Gasteiger partial charge in [-0.2, -0.15) is 5.06 Å². The number of hydrogen-bond donors (Lipinski definition) is 2. The highest BCUT2D eigenvalue weighted by molar-refractivity contribution is 5.04. The Bertz CT molecular complexity index is 285. The molecule has 0 spiro atoms. The second-order valence-corrected chi connectivity index (χ2v) is 6.65. The van der Waals surface area contributed by atoms with E-state index in [-0.39, 0.29) is 35.6 Å². The van der Waals surface area contributed by atoms with Gasteiger partial charge in [0.25, 0.3) is 0 Å². The molecule has 3 atom stereocenters. The van der Waals surface area contributed by atoms with Crippen LogP contribution in [0.2, 0.25) is 0 Å². The summed E-state index contributed by atoms with van der Waals surface area (Å²) < 4.78 is 5.78. The molecular weight excluding hydrogens is 244 g/mol. The van der Waals surface area contributed by atoms with Gasteiger partial charge in [0, 0.05) is 29.5 Å². The summed E-state index contributed by atoms with van der Waals surface area (Å²) in [5, 5.41) is 11.8. The van der Waals surface area contributed by atoms with Crippen molar-refractivity contribution in [2.75, 3.05) is 13.7 Å². The average molecular weight is 274 g/mol. The highest BCUT2D eigenvalue weighted by atomic mass is 16.7. The molecule has 0 saturated carbocycles. The van der Waals surface area contributed by atoms with E-state index in [9.17, 15) is 5.11 Å². The van der Waals surface area contributed by atoms with Gasteiger partial charge in [0.2, 0.25) is 0 Å². The molecule has 0 amide bonds. The molecule has 0 radical (unpaired) electrons. The minimum absolute atomic E-state index is 0.0602. The lowest BCUT2D eigenvalue weighted by Crippen LogP contribution is -2.69. The van der Waals surface area contributed by atoms with E-state index in [0.29, 0.717) is 0 Å². The Kier molecular flexibility index (Phi) is 5.02. The summed E-state index contributed by atoms with van der Waals surface area (Å²) in [4.78, 5) is 5.63. The number of nitrogens with zero attached hydrogens (tertiary/aromatic N) is 1. The molecule has 114 valence electrons. The first-order valence-corrected chi connectivity index (χ1v) is 6.98.